The van der Waals surface area contributed by atoms with E-state index in [0.29, 0.717) is 17.9 Å². The first-order valence-electron chi connectivity index (χ1n) is 23.0. The molecule has 2 aliphatic rings. The number of esters is 2. The molecule has 2 saturated heterocycles. The molecule has 322 valence electrons. The number of benzene rings is 4. The van der Waals surface area contributed by atoms with E-state index in [0.717, 1.165) is 98.5 Å². The molecule has 2 unspecified atom stereocenters. The number of rotatable bonds is 21. The van der Waals surface area contributed by atoms with Gasteiger partial charge in [-0.2, -0.15) is 0 Å². The van der Waals surface area contributed by atoms with Crippen LogP contribution in [0.1, 0.15) is 138 Å². The highest BCUT2D eigenvalue weighted by Gasteiger charge is 2.41. The van der Waals surface area contributed by atoms with Crippen LogP contribution >= 0.6 is 0 Å². The van der Waals surface area contributed by atoms with Crippen LogP contribution < -0.4 is 15.4 Å². The Labute approximate surface area is 360 Å². The number of nitrogens with one attached hydrogen (secondary N) is 2. The van der Waals surface area contributed by atoms with Crippen LogP contribution in [0.15, 0.2) is 103 Å². The van der Waals surface area contributed by atoms with Crippen molar-refractivity contribution in [2.24, 2.45) is 11.8 Å². The van der Waals surface area contributed by atoms with Gasteiger partial charge in [-0.05, 0) is 138 Å². The second-order valence-electron chi connectivity index (χ2n) is 17.9. The molecule has 2 fully saturated rings. The smallest absolute Gasteiger partial charge is 0.339 e. The molecule has 0 aliphatic carbocycles. The molecule has 7 heteroatoms. The zero-order chi connectivity index (χ0) is 42.2. The van der Waals surface area contributed by atoms with E-state index in [9.17, 15) is 9.59 Å². The highest BCUT2D eigenvalue weighted by molar-refractivity contribution is 5.90. The maximum atomic E-state index is 14.1. The van der Waals surface area contributed by atoms with Crippen molar-refractivity contribution in [1.29, 1.82) is 0 Å². The van der Waals surface area contributed by atoms with Gasteiger partial charge >= 0.3 is 11.9 Å². The highest BCUT2D eigenvalue weighted by Crippen LogP contribution is 2.41. The third-order valence-electron chi connectivity index (χ3n) is 13.1. The van der Waals surface area contributed by atoms with Gasteiger partial charge in [0.2, 0.25) is 0 Å². The van der Waals surface area contributed by atoms with E-state index >= 15 is 0 Å². The summed E-state index contributed by atoms with van der Waals surface area (Å²) < 4.78 is 19.0. The van der Waals surface area contributed by atoms with Gasteiger partial charge in [0.05, 0.1) is 18.1 Å². The Morgan fingerprint density at radius 2 is 1.18 bits per heavy atom. The van der Waals surface area contributed by atoms with Crippen molar-refractivity contribution in [3.05, 3.63) is 125 Å². The van der Waals surface area contributed by atoms with Gasteiger partial charge in [-0.25, -0.2) is 4.79 Å². The fourth-order valence-electron chi connectivity index (χ4n) is 9.13. The molecule has 4 aromatic rings. The molecule has 0 amide bonds. The van der Waals surface area contributed by atoms with Gasteiger partial charge in [-0.3, -0.25) is 4.79 Å². The van der Waals surface area contributed by atoms with Gasteiger partial charge in [0, 0.05) is 11.8 Å². The molecule has 0 saturated carbocycles. The fraction of sp³-hybridized carbons (Fsp3) is 0.509. The normalized spacial score (nSPS) is 16.7. The molecule has 0 bridgehead atoms. The molecular formula is C53H70N2O5. The predicted octanol–water partition coefficient (Wildman–Crippen LogP) is 11.6. The van der Waals surface area contributed by atoms with Gasteiger partial charge in [0.1, 0.15) is 17.0 Å². The Hall–Kier alpha value is -4.46. The van der Waals surface area contributed by atoms with Crippen LogP contribution in [0.25, 0.3) is 11.1 Å². The molecule has 2 atom stereocenters. The largest absolute Gasteiger partial charge is 0.494 e. The standard InChI is InChI=1S/C53H70N2O5/c1-5-6-7-8-9-10-11-15-38-58-48-28-24-42(25-29-48)41-18-20-44(21-19-41)50(56)60-53(4,47-32-36-55-37-33-47)46-26-22-43(23-27-46)49(39-40-16-13-12-14-17-40)51(57)59-52(2,3)45-30-34-54-35-31-45/h12-14,16-29,45,47,49,54-55H,5-11,15,30-39H2,1-4H3. The summed E-state index contributed by atoms with van der Waals surface area (Å²) in [4.78, 5) is 28.1. The predicted molar refractivity (Wildman–Crippen MR) is 243 cm³/mol. The van der Waals surface area contributed by atoms with Crippen LogP contribution in [0, 0.1) is 11.8 Å². The number of ether oxygens (including phenoxy) is 3. The minimum Gasteiger partial charge on any atom is -0.494 e. The zero-order valence-corrected chi connectivity index (χ0v) is 36.8. The van der Waals surface area contributed by atoms with Gasteiger partial charge in [0.25, 0.3) is 0 Å². The number of carbonyl (C=O) groups is 2. The fourth-order valence-corrected chi connectivity index (χ4v) is 9.13. The number of hydrogen-bond donors (Lipinski definition) is 2. The number of hydrogen-bond acceptors (Lipinski definition) is 7. The molecule has 0 aromatic heterocycles. The molecule has 6 rings (SSSR count). The van der Waals surface area contributed by atoms with Crippen LogP contribution in [0.4, 0.5) is 0 Å². The van der Waals surface area contributed by atoms with Crippen LogP contribution in [0.3, 0.4) is 0 Å². The number of unbranched alkanes of at least 4 members (excludes halogenated alkanes) is 7. The van der Waals surface area contributed by atoms with Gasteiger partial charge < -0.3 is 24.8 Å². The third kappa shape index (κ3) is 12.5. The van der Waals surface area contributed by atoms with Crippen molar-refractivity contribution < 1.29 is 23.8 Å². The Morgan fingerprint density at radius 3 is 1.78 bits per heavy atom. The second-order valence-corrected chi connectivity index (χ2v) is 17.9. The van der Waals surface area contributed by atoms with Crippen LogP contribution in [0.5, 0.6) is 5.75 Å². The van der Waals surface area contributed by atoms with E-state index in [2.05, 4.69) is 74.7 Å². The van der Waals surface area contributed by atoms with E-state index in [-0.39, 0.29) is 17.9 Å². The maximum Gasteiger partial charge on any atom is 0.339 e. The first kappa shape index (κ1) is 45.1. The average molecular weight is 815 g/mol. The monoisotopic (exact) mass is 815 g/mol. The summed E-state index contributed by atoms with van der Waals surface area (Å²) in [7, 11) is 0. The minimum absolute atomic E-state index is 0.125. The molecule has 0 radical (unpaired) electrons. The van der Waals surface area contributed by atoms with Gasteiger partial charge in [0.15, 0.2) is 0 Å². The lowest BCUT2D eigenvalue weighted by molar-refractivity contribution is -0.164. The van der Waals surface area contributed by atoms with E-state index in [1.807, 2.05) is 66.7 Å². The van der Waals surface area contributed by atoms with Crippen LogP contribution in [-0.4, -0.2) is 50.3 Å². The molecule has 2 heterocycles. The topological polar surface area (TPSA) is 85.9 Å². The Bertz CT molecular complexity index is 1880. The molecule has 4 aromatic carbocycles. The van der Waals surface area contributed by atoms with Crippen molar-refractivity contribution in [2.45, 2.75) is 128 Å². The van der Waals surface area contributed by atoms with Crippen molar-refractivity contribution in [2.75, 3.05) is 32.8 Å². The molecule has 0 spiro atoms. The first-order chi connectivity index (χ1) is 29.2. The van der Waals surface area contributed by atoms with Crippen LogP contribution in [-0.2, 0) is 26.3 Å². The Kier molecular flexibility index (Phi) is 16.8. The van der Waals surface area contributed by atoms with Crippen LogP contribution in [0.2, 0.25) is 0 Å². The number of piperidine rings is 2. The molecule has 2 N–H and O–H groups in total. The van der Waals surface area contributed by atoms with Crippen molar-refractivity contribution in [3.63, 3.8) is 0 Å². The summed E-state index contributed by atoms with van der Waals surface area (Å²) in [5.41, 5.74) is 4.08. The lowest BCUT2D eigenvalue weighted by Crippen LogP contribution is -2.43. The number of carbonyl (C=O) groups excluding carboxylic acids is 2. The van der Waals surface area contributed by atoms with Gasteiger partial charge in [-0.1, -0.05) is 131 Å². The van der Waals surface area contributed by atoms with E-state index in [1.54, 1.807) is 0 Å². The van der Waals surface area contributed by atoms with Crippen molar-refractivity contribution >= 4 is 11.9 Å². The van der Waals surface area contributed by atoms with Gasteiger partial charge in [-0.15, -0.1) is 0 Å². The molecule has 7 nitrogen and oxygen atoms in total. The summed E-state index contributed by atoms with van der Waals surface area (Å²) in [6.45, 7) is 12.8. The zero-order valence-electron chi connectivity index (χ0n) is 36.8. The SMILES string of the molecule is CCCCCCCCCCOc1ccc(-c2ccc(C(=O)OC(C)(c3ccc(C(Cc4ccccc4)C(=O)OC(C)(C)C4CCNCC4)cc3)C3CCNCC3)cc2)cc1. The summed E-state index contributed by atoms with van der Waals surface area (Å²) in [5.74, 6) is 0.290. The van der Waals surface area contributed by atoms with E-state index in [1.165, 1.54) is 44.9 Å². The molecular weight excluding hydrogens is 745 g/mol. The summed E-state index contributed by atoms with van der Waals surface area (Å²) in [6, 6.07) is 34.3. The Balaban J connectivity index is 1.12. The average Bonchev–Trinajstić information content (AvgIpc) is 3.28. The maximum absolute atomic E-state index is 14.1. The summed E-state index contributed by atoms with van der Waals surface area (Å²) >= 11 is 0. The second kappa shape index (κ2) is 22.4. The molecule has 60 heavy (non-hydrogen) atoms. The lowest BCUT2D eigenvalue weighted by atomic mass is 9.76. The summed E-state index contributed by atoms with van der Waals surface area (Å²) in [5, 5.41) is 6.90. The molecule has 2 aliphatic heterocycles. The lowest BCUT2D eigenvalue weighted by Gasteiger charge is -2.40. The van der Waals surface area contributed by atoms with E-state index < -0.39 is 17.1 Å². The van der Waals surface area contributed by atoms with Crippen molar-refractivity contribution in [3.8, 4) is 16.9 Å². The minimum atomic E-state index is -0.868. The quantitative estimate of drug-likeness (QED) is 0.0640. The Morgan fingerprint density at radius 1 is 0.633 bits per heavy atom. The first-order valence-corrected chi connectivity index (χ1v) is 23.0. The highest BCUT2D eigenvalue weighted by atomic mass is 16.6. The third-order valence-corrected chi connectivity index (χ3v) is 13.1. The van der Waals surface area contributed by atoms with Crippen molar-refractivity contribution in [1.82, 2.24) is 10.6 Å². The van der Waals surface area contributed by atoms with E-state index in [4.69, 9.17) is 14.2 Å². The summed E-state index contributed by atoms with van der Waals surface area (Å²) in [6.07, 6.45) is 14.5.